The summed E-state index contributed by atoms with van der Waals surface area (Å²) in [6.45, 7) is 11.6. The number of unbranched alkanes of at least 4 members (excludes halogenated alkanes) is 1. The number of aryl methyl sites for hydroxylation is 4. The summed E-state index contributed by atoms with van der Waals surface area (Å²) in [5, 5.41) is 8.17. The molecule has 1 aliphatic heterocycles. The normalized spacial score (nSPS) is 18.2. The lowest BCUT2D eigenvalue weighted by atomic mass is 9.88. The molecular formula is C36H51N4O4+. The van der Waals surface area contributed by atoms with Crippen LogP contribution >= 0.6 is 0 Å². The highest BCUT2D eigenvalue weighted by atomic mass is 16.6. The summed E-state index contributed by atoms with van der Waals surface area (Å²) in [4.78, 5) is 26.6. The van der Waals surface area contributed by atoms with Crippen molar-refractivity contribution >= 4 is 11.8 Å². The van der Waals surface area contributed by atoms with E-state index < -0.39 is 0 Å². The number of Topliss-reactive ketones (excluding diaryl/α,β-unsaturated/α-hetero) is 1. The molecule has 0 radical (unpaired) electrons. The maximum absolute atomic E-state index is 14.1. The number of aromatic nitrogens is 3. The minimum atomic E-state index is -0.260. The molecule has 0 bridgehead atoms. The van der Waals surface area contributed by atoms with Crippen molar-refractivity contribution in [1.82, 2.24) is 15.0 Å². The van der Waals surface area contributed by atoms with Crippen LogP contribution in [0.25, 0.3) is 0 Å². The van der Waals surface area contributed by atoms with E-state index in [9.17, 15) is 9.59 Å². The molecule has 44 heavy (non-hydrogen) atoms. The number of ketones is 1. The van der Waals surface area contributed by atoms with Gasteiger partial charge in [-0.25, -0.2) is 0 Å². The summed E-state index contributed by atoms with van der Waals surface area (Å²) in [7, 11) is 1.86. The number of benzene rings is 2. The van der Waals surface area contributed by atoms with E-state index in [1.165, 1.54) is 16.7 Å². The van der Waals surface area contributed by atoms with Crippen molar-refractivity contribution in [2.24, 2.45) is 7.05 Å². The predicted octanol–water partition coefficient (Wildman–Crippen LogP) is 6.63. The molecule has 2 aromatic carbocycles. The van der Waals surface area contributed by atoms with Gasteiger partial charge in [0.1, 0.15) is 12.6 Å². The Morgan fingerprint density at radius 3 is 2.52 bits per heavy atom. The zero-order chi connectivity index (χ0) is 31.5. The number of rotatable bonds is 16. The number of quaternary nitrogens is 1. The highest BCUT2D eigenvalue weighted by Gasteiger charge is 2.43. The molecule has 0 N–H and O–H groups in total. The van der Waals surface area contributed by atoms with Gasteiger partial charge >= 0.3 is 5.97 Å². The third kappa shape index (κ3) is 8.78. The molecule has 1 saturated heterocycles. The zero-order valence-corrected chi connectivity index (χ0v) is 27.4. The number of hydrogen-bond acceptors (Lipinski definition) is 6. The first-order chi connectivity index (χ1) is 21.2. The van der Waals surface area contributed by atoms with E-state index in [1.54, 1.807) is 4.68 Å². The van der Waals surface area contributed by atoms with E-state index in [2.05, 4.69) is 55.3 Å². The van der Waals surface area contributed by atoms with Crippen LogP contribution in [0, 0.1) is 13.8 Å². The quantitative estimate of drug-likeness (QED) is 0.0791. The molecule has 2 atom stereocenters. The molecule has 1 aromatic heterocycles. The molecule has 2 unspecified atom stereocenters. The second-order valence-electron chi connectivity index (χ2n) is 12.5. The van der Waals surface area contributed by atoms with Crippen molar-refractivity contribution in [3.63, 3.8) is 0 Å². The van der Waals surface area contributed by atoms with Crippen LogP contribution in [0.15, 0.2) is 42.6 Å². The Morgan fingerprint density at radius 2 is 1.82 bits per heavy atom. The molecule has 238 valence electrons. The van der Waals surface area contributed by atoms with Crippen LogP contribution in [-0.4, -0.2) is 57.0 Å². The van der Waals surface area contributed by atoms with Crippen LogP contribution in [-0.2, 0) is 36.0 Å². The van der Waals surface area contributed by atoms with Gasteiger partial charge in [0.05, 0.1) is 25.4 Å². The number of likely N-dealkylation sites (tertiary alicyclic amines) is 1. The molecule has 1 fully saturated rings. The summed E-state index contributed by atoms with van der Waals surface area (Å²) < 4.78 is 14.5. The van der Waals surface area contributed by atoms with Crippen molar-refractivity contribution in [3.05, 3.63) is 70.5 Å². The van der Waals surface area contributed by atoms with Crippen LogP contribution in [0.1, 0.15) is 93.2 Å². The summed E-state index contributed by atoms with van der Waals surface area (Å²) in [6, 6.07) is 12.2. The first-order valence-electron chi connectivity index (χ1n) is 16.5. The average Bonchev–Trinajstić information content (AvgIpc) is 3.42. The lowest BCUT2D eigenvalue weighted by molar-refractivity contribution is -0.959. The fourth-order valence-electron chi connectivity index (χ4n) is 6.62. The minimum Gasteiger partial charge on any atom is -0.490 e. The van der Waals surface area contributed by atoms with Crippen LogP contribution in [0.3, 0.4) is 0 Å². The van der Waals surface area contributed by atoms with Gasteiger partial charge in [-0.1, -0.05) is 43.7 Å². The number of piperidine rings is 1. The number of esters is 1. The molecule has 2 heterocycles. The molecule has 0 aliphatic carbocycles. The van der Waals surface area contributed by atoms with Crippen LogP contribution in [0.4, 0.5) is 0 Å². The van der Waals surface area contributed by atoms with Crippen molar-refractivity contribution in [2.45, 2.75) is 104 Å². The van der Waals surface area contributed by atoms with Crippen LogP contribution in [0.2, 0.25) is 0 Å². The maximum atomic E-state index is 14.1. The third-order valence-corrected chi connectivity index (χ3v) is 8.98. The maximum Gasteiger partial charge on any atom is 0.311 e. The van der Waals surface area contributed by atoms with E-state index in [-0.39, 0.29) is 12.0 Å². The topological polar surface area (TPSA) is 83.3 Å². The first-order valence-corrected chi connectivity index (χ1v) is 16.5. The van der Waals surface area contributed by atoms with Gasteiger partial charge in [-0.3, -0.25) is 14.3 Å². The van der Waals surface area contributed by atoms with Gasteiger partial charge in [0.2, 0.25) is 0 Å². The molecule has 8 heteroatoms. The second kappa shape index (κ2) is 16.0. The second-order valence-corrected chi connectivity index (χ2v) is 12.5. The van der Waals surface area contributed by atoms with E-state index in [1.807, 2.05) is 32.3 Å². The number of hydrogen-bond donors (Lipinski definition) is 0. The lowest BCUT2D eigenvalue weighted by Gasteiger charge is -2.47. The number of carbonyl (C=O) groups excluding carboxylic acids is 2. The summed E-state index contributed by atoms with van der Waals surface area (Å²) >= 11 is 0. The van der Waals surface area contributed by atoms with Gasteiger partial charge in [-0.05, 0) is 87.3 Å². The molecule has 0 spiro atoms. The van der Waals surface area contributed by atoms with Gasteiger partial charge < -0.3 is 14.0 Å². The van der Waals surface area contributed by atoms with E-state index >= 15 is 0 Å². The van der Waals surface area contributed by atoms with E-state index in [0.29, 0.717) is 36.7 Å². The number of nitrogens with zero attached hydrogens (tertiary/aromatic N) is 4. The predicted molar refractivity (Wildman–Crippen MR) is 173 cm³/mol. The van der Waals surface area contributed by atoms with Crippen LogP contribution < -0.4 is 9.47 Å². The number of carbonyl (C=O) groups is 2. The Bertz CT molecular complexity index is 1380. The molecule has 0 saturated carbocycles. The summed E-state index contributed by atoms with van der Waals surface area (Å²) in [6.07, 6.45) is 10.3. The lowest BCUT2D eigenvalue weighted by Crippen LogP contribution is -2.61. The van der Waals surface area contributed by atoms with Crippen molar-refractivity contribution in [2.75, 3.05) is 19.7 Å². The Morgan fingerprint density at radius 1 is 1.02 bits per heavy atom. The first kappa shape index (κ1) is 33.4. The highest BCUT2D eigenvalue weighted by molar-refractivity contribution is 5.85. The molecule has 4 rings (SSSR count). The van der Waals surface area contributed by atoms with Crippen LogP contribution in [0.5, 0.6) is 11.5 Å². The minimum absolute atomic E-state index is 0.0345. The van der Waals surface area contributed by atoms with Gasteiger partial charge in [0.15, 0.2) is 17.3 Å². The van der Waals surface area contributed by atoms with Crippen molar-refractivity contribution in [3.8, 4) is 11.5 Å². The largest absolute Gasteiger partial charge is 0.490 e. The standard InChI is InChI=1S/C36H51N4O4/c1-6-8-20-40(21-10-9-17-32(40)33(41)24-31-27(3)14-11-15-28(31)4)26-29-18-19-34(44-36(42)13-7-2)35(23-29)43-22-12-16-30-25-39(5)38-37-30/h11,14-15,18-19,23,25,32H,6-10,12-13,16-17,20-22,24,26H2,1-5H3/q+1. The summed E-state index contributed by atoms with van der Waals surface area (Å²) in [5.74, 6) is 1.12. The molecule has 1 aliphatic rings. The van der Waals surface area contributed by atoms with Crippen molar-refractivity contribution < 1.29 is 23.5 Å². The zero-order valence-electron chi connectivity index (χ0n) is 27.4. The Hall–Kier alpha value is -3.52. The van der Waals surface area contributed by atoms with Crippen molar-refractivity contribution in [1.29, 1.82) is 0 Å². The number of ether oxygens (including phenoxy) is 2. The molecule has 0 amide bonds. The fraction of sp³-hybridized carbons (Fsp3) is 0.556. The smallest absolute Gasteiger partial charge is 0.311 e. The van der Waals surface area contributed by atoms with Gasteiger partial charge in [0, 0.05) is 38.1 Å². The van der Waals surface area contributed by atoms with E-state index in [0.717, 1.165) is 86.7 Å². The Balaban J connectivity index is 1.58. The molecular weight excluding hydrogens is 552 g/mol. The van der Waals surface area contributed by atoms with Gasteiger partial charge in [-0.2, -0.15) is 0 Å². The molecule has 3 aromatic rings. The highest BCUT2D eigenvalue weighted by Crippen LogP contribution is 2.35. The third-order valence-electron chi connectivity index (χ3n) is 8.98. The Labute approximate surface area is 263 Å². The average molecular weight is 604 g/mol. The van der Waals surface area contributed by atoms with E-state index in [4.69, 9.17) is 9.47 Å². The Kier molecular flexibility index (Phi) is 12.1. The monoisotopic (exact) mass is 603 g/mol. The SMILES string of the molecule is CCCC[N+]1(Cc2ccc(OC(=O)CCC)c(OCCCc3cn(C)nn3)c2)CCCCC1C(=O)Cc1c(C)cccc1C. The van der Waals surface area contributed by atoms with Gasteiger partial charge in [-0.15, -0.1) is 5.10 Å². The summed E-state index contributed by atoms with van der Waals surface area (Å²) in [5.41, 5.74) is 5.58. The molecule has 8 nitrogen and oxygen atoms in total. The van der Waals surface area contributed by atoms with Gasteiger partial charge in [0.25, 0.3) is 0 Å². The fourth-order valence-corrected chi connectivity index (χ4v) is 6.62.